The fourth-order valence-corrected chi connectivity index (χ4v) is 4.01. The number of carbonyl (C=O) groups excluding carboxylic acids is 1. The molecule has 0 aliphatic heterocycles. The minimum Gasteiger partial charge on any atom is -0.378 e. The van der Waals surface area contributed by atoms with Gasteiger partial charge in [-0.25, -0.2) is 4.98 Å². The van der Waals surface area contributed by atoms with Crippen LogP contribution in [0.5, 0.6) is 0 Å². The molecule has 0 aliphatic rings. The number of anilines is 1. The first-order valence-corrected chi connectivity index (χ1v) is 11.3. The zero-order chi connectivity index (χ0) is 23.4. The Kier molecular flexibility index (Phi) is 6.59. The molecule has 4 rings (SSSR count). The second-order valence-electron chi connectivity index (χ2n) is 8.29. The van der Waals surface area contributed by atoms with Crippen LogP contribution < -0.4 is 10.2 Å². The van der Waals surface area contributed by atoms with Crippen LogP contribution in [-0.4, -0.2) is 29.6 Å². The van der Waals surface area contributed by atoms with Crippen LogP contribution in [0.15, 0.2) is 84.9 Å². The summed E-state index contributed by atoms with van der Waals surface area (Å²) in [6.07, 6.45) is 0. The number of nitrogens with zero attached hydrogens (tertiary/aromatic N) is 3. The summed E-state index contributed by atoms with van der Waals surface area (Å²) in [5.74, 6) is 0.664. The fourth-order valence-electron chi connectivity index (χ4n) is 4.01. The summed E-state index contributed by atoms with van der Waals surface area (Å²) in [5, 5.41) is 3.18. The third-order valence-corrected chi connectivity index (χ3v) is 5.84. The van der Waals surface area contributed by atoms with E-state index < -0.39 is 0 Å². The summed E-state index contributed by atoms with van der Waals surface area (Å²) < 4.78 is 2.01. The van der Waals surface area contributed by atoms with Gasteiger partial charge in [0.1, 0.15) is 17.2 Å². The summed E-state index contributed by atoms with van der Waals surface area (Å²) in [4.78, 5) is 20.7. The Morgan fingerprint density at radius 3 is 2.09 bits per heavy atom. The summed E-state index contributed by atoms with van der Waals surface area (Å²) in [6.45, 7) is 4.68. The van der Waals surface area contributed by atoms with Gasteiger partial charge in [-0.2, -0.15) is 0 Å². The molecule has 0 radical (unpaired) electrons. The van der Waals surface area contributed by atoms with Crippen molar-refractivity contribution in [2.75, 3.05) is 19.0 Å². The SMILES string of the molecule is CCn1c(-c2ccccc2)nc(-c2ccc(N(C)C)cc2)c1C(=O)NC(C)c1ccccc1. The van der Waals surface area contributed by atoms with Crippen LogP contribution >= 0.6 is 0 Å². The zero-order valence-corrected chi connectivity index (χ0v) is 19.6. The largest absolute Gasteiger partial charge is 0.378 e. The number of hydrogen-bond donors (Lipinski definition) is 1. The van der Waals surface area contributed by atoms with Gasteiger partial charge >= 0.3 is 0 Å². The van der Waals surface area contributed by atoms with Crippen molar-refractivity contribution in [1.29, 1.82) is 0 Å². The molecule has 0 fully saturated rings. The number of benzene rings is 3. The predicted molar refractivity (Wildman–Crippen MR) is 135 cm³/mol. The van der Waals surface area contributed by atoms with Crippen molar-refractivity contribution >= 4 is 11.6 Å². The van der Waals surface area contributed by atoms with Gasteiger partial charge in [-0.05, 0) is 31.5 Å². The highest BCUT2D eigenvalue weighted by Crippen LogP contribution is 2.31. The highest BCUT2D eigenvalue weighted by atomic mass is 16.2. The lowest BCUT2D eigenvalue weighted by molar-refractivity contribution is 0.0931. The van der Waals surface area contributed by atoms with E-state index >= 15 is 0 Å². The van der Waals surface area contributed by atoms with E-state index in [-0.39, 0.29) is 11.9 Å². The van der Waals surface area contributed by atoms with Gasteiger partial charge < -0.3 is 14.8 Å². The van der Waals surface area contributed by atoms with E-state index in [1.807, 2.05) is 105 Å². The van der Waals surface area contributed by atoms with Gasteiger partial charge in [0.15, 0.2) is 0 Å². The Hall–Kier alpha value is -3.86. The third kappa shape index (κ3) is 4.67. The van der Waals surface area contributed by atoms with Crippen LogP contribution in [0.2, 0.25) is 0 Å². The van der Waals surface area contributed by atoms with Crippen LogP contribution in [0, 0.1) is 0 Å². The molecule has 33 heavy (non-hydrogen) atoms. The lowest BCUT2D eigenvalue weighted by Crippen LogP contribution is -2.29. The number of hydrogen-bond acceptors (Lipinski definition) is 3. The molecule has 1 heterocycles. The lowest BCUT2D eigenvalue weighted by atomic mass is 10.1. The van der Waals surface area contributed by atoms with E-state index in [0.717, 1.165) is 28.2 Å². The van der Waals surface area contributed by atoms with Crippen molar-refractivity contribution in [2.45, 2.75) is 26.4 Å². The molecule has 3 aromatic carbocycles. The number of imidazole rings is 1. The molecule has 0 bridgehead atoms. The Bertz CT molecular complexity index is 1210. The van der Waals surface area contributed by atoms with Crippen LogP contribution in [0.4, 0.5) is 5.69 Å². The highest BCUT2D eigenvalue weighted by molar-refractivity contribution is 6.00. The number of rotatable bonds is 7. The Morgan fingerprint density at radius 2 is 1.52 bits per heavy atom. The molecule has 4 aromatic rings. The molecular formula is C28H30N4O. The number of nitrogens with one attached hydrogen (secondary N) is 1. The average Bonchev–Trinajstić information content (AvgIpc) is 3.25. The minimum absolute atomic E-state index is 0.122. The van der Waals surface area contributed by atoms with E-state index in [1.54, 1.807) is 0 Å². The summed E-state index contributed by atoms with van der Waals surface area (Å²) in [6, 6.07) is 28.1. The van der Waals surface area contributed by atoms with Gasteiger partial charge in [-0.1, -0.05) is 72.8 Å². The van der Waals surface area contributed by atoms with E-state index in [2.05, 4.69) is 22.3 Å². The quantitative estimate of drug-likeness (QED) is 0.397. The molecule has 1 amide bonds. The van der Waals surface area contributed by atoms with Crippen LogP contribution in [0.3, 0.4) is 0 Å². The van der Waals surface area contributed by atoms with Crippen LogP contribution in [0.1, 0.15) is 35.9 Å². The topological polar surface area (TPSA) is 50.2 Å². The molecule has 168 valence electrons. The van der Waals surface area contributed by atoms with Gasteiger partial charge in [-0.3, -0.25) is 4.79 Å². The number of carbonyl (C=O) groups is 1. The molecule has 0 aliphatic carbocycles. The third-order valence-electron chi connectivity index (χ3n) is 5.84. The Labute approximate surface area is 195 Å². The van der Waals surface area contributed by atoms with Crippen molar-refractivity contribution in [1.82, 2.24) is 14.9 Å². The van der Waals surface area contributed by atoms with Crippen LogP contribution in [-0.2, 0) is 6.54 Å². The molecular weight excluding hydrogens is 408 g/mol. The first-order valence-electron chi connectivity index (χ1n) is 11.3. The van der Waals surface area contributed by atoms with E-state index in [9.17, 15) is 4.79 Å². The van der Waals surface area contributed by atoms with Crippen molar-refractivity contribution in [2.24, 2.45) is 0 Å². The predicted octanol–water partition coefficient (Wildman–Crippen LogP) is 5.79. The lowest BCUT2D eigenvalue weighted by Gasteiger charge is -2.17. The smallest absolute Gasteiger partial charge is 0.270 e. The Morgan fingerprint density at radius 1 is 0.909 bits per heavy atom. The Balaban J connectivity index is 1.81. The van der Waals surface area contributed by atoms with Gasteiger partial charge in [0.25, 0.3) is 5.91 Å². The summed E-state index contributed by atoms with van der Waals surface area (Å²) >= 11 is 0. The zero-order valence-electron chi connectivity index (χ0n) is 19.6. The van der Waals surface area contributed by atoms with Crippen LogP contribution in [0.25, 0.3) is 22.6 Å². The first-order chi connectivity index (χ1) is 16.0. The molecule has 0 spiro atoms. The molecule has 5 nitrogen and oxygen atoms in total. The molecule has 0 saturated heterocycles. The van der Waals surface area contributed by atoms with E-state index in [1.165, 1.54) is 0 Å². The van der Waals surface area contributed by atoms with Crippen molar-refractivity contribution in [3.05, 3.63) is 96.2 Å². The van der Waals surface area contributed by atoms with Crippen molar-refractivity contribution < 1.29 is 4.79 Å². The maximum absolute atomic E-state index is 13.6. The van der Waals surface area contributed by atoms with E-state index in [0.29, 0.717) is 17.9 Å². The normalized spacial score (nSPS) is 11.8. The maximum Gasteiger partial charge on any atom is 0.270 e. The van der Waals surface area contributed by atoms with Crippen molar-refractivity contribution in [3.63, 3.8) is 0 Å². The number of aromatic nitrogens is 2. The monoisotopic (exact) mass is 438 g/mol. The average molecular weight is 439 g/mol. The first kappa shape index (κ1) is 22.3. The molecule has 1 unspecified atom stereocenters. The van der Waals surface area contributed by atoms with Gasteiger partial charge in [0.05, 0.1) is 6.04 Å². The number of amides is 1. The van der Waals surface area contributed by atoms with Crippen molar-refractivity contribution in [3.8, 4) is 22.6 Å². The summed E-state index contributed by atoms with van der Waals surface area (Å²) in [7, 11) is 4.02. The second-order valence-corrected chi connectivity index (χ2v) is 8.29. The molecule has 1 aromatic heterocycles. The van der Waals surface area contributed by atoms with Gasteiger partial charge in [0, 0.05) is 37.5 Å². The molecule has 1 atom stereocenters. The van der Waals surface area contributed by atoms with E-state index in [4.69, 9.17) is 4.98 Å². The van der Waals surface area contributed by atoms with Gasteiger partial charge in [-0.15, -0.1) is 0 Å². The second kappa shape index (κ2) is 9.74. The minimum atomic E-state index is -0.130. The maximum atomic E-state index is 13.6. The fraction of sp³-hybridized carbons (Fsp3) is 0.214. The standard InChI is InChI=1S/C28H30N4O/c1-5-32-26(28(33)29-20(2)21-12-8-6-9-13-21)25(22-16-18-24(19-17-22)31(3)4)30-27(32)23-14-10-7-11-15-23/h6-20H,5H2,1-4H3,(H,29,33). The highest BCUT2D eigenvalue weighted by Gasteiger charge is 2.25. The molecule has 1 N–H and O–H groups in total. The summed E-state index contributed by atoms with van der Waals surface area (Å²) in [5.41, 5.74) is 5.34. The molecule has 0 saturated carbocycles. The van der Waals surface area contributed by atoms with Gasteiger partial charge in [0.2, 0.25) is 0 Å². The molecule has 5 heteroatoms.